The molecule has 3 aromatic rings. The molecule has 0 radical (unpaired) electrons. The Bertz CT molecular complexity index is 1230. The lowest BCUT2D eigenvalue weighted by atomic mass is 10.2. The summed E-state index contributed by atoms with van der Waals surface area (Å²) in [5.41, 5.74) is 1.65. The maximum Gasteiger partial charge on any atom is 0.265 e. The summed E-state index contributed by atoms with van der Waals surface area (Å²) in [5.74, 6) is 0.637. The molecule has 1 amide bonds. The first-order valence-electron chi connectivity index (χ1n) is 10.2. The zero-order valence-corrected chi connectivity index (χ0v) is 20.0. The number of benzene rings is 3. The molecule has 9 heteroatoms. The van der Waals surface area contributed by atoms with Crippen LogP contribution in [0, 0.1) is 6.92 Å². The van der Waals surface area contributed by atoms with Crippen LogP contribution in [0.3, 0.4) is 0 Å². The van der Waals surface area contributed by atoms with E-state index in [4.69, 9.17) is 21.1 Å². The largest absolute Gasteiger partial charge is 0.493 e. The lowest BCUT2D eigenvalue weighted by Crippen LogP contribution is -2.32. The van der Waals surface area contributed by atoms with Crippen molar-refractivity contribution in [2.75, 3.05) is 17.1 Å². The second-order valence-electron chi connectivity index (χ2n) is 7.25. The van der Waals surface area contributed by atoms with Gasteiger partial charge < -0.3 is 14.8 Å². The number of rotatable bonds is 9. The zero-order chi connectivity index (χ0) is 24.0. The van der Waals surface area contributed by atoms with Gasteiger partial charge in [0.15, 0.2) is 17.6 Å². The van der Waals surface area contributed by atoms with Crippen molar-refractivity contribution in [2.45, 2.75) is 31.3 Å². The summed E-state index contributed by atoms with van der Waals surface area (Å²) < 4.78 is 38.9. The molecule has 33 heavy (non-hydrogen) atoms. The van der Waals surface area contributed by atoms with Crippen molar-refractivity contribution < 1.29 is 22.7 Å². The number of hydrogen-bond donors (Lipinski definition) is 2. The molecule has 0 saturated carbocycles. The number of anilines is 2. The Morgan fingerprint density at radius 3 is 2.24 bits per heavy atom. The number of nitrogens with one attached hydrogen (secondary N) is 2. The molecule has 0 spiro atoms. The molecule has 7 nitrogen and oxygen atoms in total. The van der Waals surface area contributed by atoms with E-state index in [1.54, 1.807) is 36.4 Å². The first-order valence-corrected chi connectivity index (χ1v) is 12.1. The Morgan fingerprint density at radius 1 is 1.00 bits per heavy atom. The summed E-state index contributed by atoms with van der Waals surface area (Å²) in [6.07, 6.45) is -0.322. The molecular formula is C24H25ClN2O5S. The Kier molecular flexibility index (Phi) is 7.84. The van der Waals surface area contributed by atoms with E-state index in [9.17, 15) is 13.2 Å². The van der Waals surface area contributed by atoms with Crippen LogP contribution >= 0.6 is 11.6 Å². The van der Waals surface area contributed by atoms with Gasteiger partial charge in [-0.15, -0.1) is 0 Å². The third-order valence-corrected chi connectivity index (χ3v) is 6.66. The highest BCUT2D eigenvalue weighted by molar-refractivity contribution is 7.92. The summed E-state index contributed by atoms with van der Waals surface area (Å²) in [6.45, 7) is 3.66. The summed E-state index contributed by atoms with van der Waals surface area (Å²) in [7, 11) is -2.29. The second kappa shape index (κ2) is 10.6. The van der Waals surface area contributed by atoms with Gasteiger partial charge in [-0.2, -0.15) is 0 Å². The van der Waals surface area contributed by atoms with Crippen LogP contribution in [-0.4, -0.2) is 27.5 Å². The van der Waals surface area contributed by atoms with Crippen LogP contribution < -0.4 is 19.5 Å². The monoisotopic (exact) mass is 488 g/mol. The minimum Gasteiger partial charge on any atom is -0.493 e. The SMILES string of the molecule is CC[C@@H](Oc1ccccc1OC)C(=O)Nc1ccc(S(=O)(=O)Nc2ccc(C)c(Cl)c2)cc1. The van der Waals surface area contributed by atoms with Gasteiger partial charge in [0.25, 0.3) is 15.9 Å². The maximum atomic E-state index is 12.7. The van der Waals surface area contributed by atoms with E-state index in [2.05, 4.69) is 10.0 Å². The minimum atomic E-state index is -3.82. The van der Waals surface area contributed by atoms with Gasteiger partial charge in [-0.25, -0.2) is 8.42 Å². The Morgan fingerprint density at radius 2 is 1.64 bits per heavy atom. The molecule has 0 aliphatic rings. The average molecular weight is 489 g/mol. The lowest BCUT2D eigenvalue weighted by Gasteiger charge is -2.19. The van der Waals surface area contributed by atoms with Gasteiger partial charge in [0.1, 0.15) is 0 Å². The minimum absolute atomic E-state index is 0.0505. The topological polar surface area (TPSA) is 93.7 Å². The molecule has 0 aliphatic heterocycles. The zero-order valence-electron chi connectivity index (χ0n) is 18.5. The van der Waals surface area contributed by atoms with Gasteiger partial charge in [0.05, 0.1) is 17.7 Å². The molecule has 174 valence electrons. The van der Waals surface area contributed by atoms with Crippen LogP contribution in [0.1, 0.15) is 18.9 Å². The fourth-order valence-corrected chi connectivity index (χ4v) is 4.23. The van der Waals surface area contributed by atoms with Crippen LogP contribution in [0.2, 0.25) is 5.02 Å². The van der Waals surface area contributed by atoms with Gasteiger partial charge in [-0.05, 0) is 67.4 Å². The number of halogens is 1. The Labute approximate surface area is 198 Å². The van der Waals surface area contributed by atoms with Gasteiger partial charge in [0.2, 0.25) is 0 Å². The van der Waals surface area contributed by atoms with Crippen LogP contribution in [0.5, 0.6) is 11.5 Å². The second-order valence-corrected chi connectivity index (χ2v) is 9.34. The fourth-order valence-electron chi connectivity index (χ4n) is 3.00. The highest BCUT2D eigenvalue weighted by Crippen LogP contribution is 2.28. The van der Waals surface area contributed by atoms with E-state index < -0.39 is 16.1 Å². The molecule has 1 atom stereocenters. The maximum absolute atomic E-state index is 12.7. The number of para-hydroxylation sites is 2. The molecule has 3 rings (SSSR count). The van der Waals surface area contributed by atoms with E-state index in [1.165, 1.54) is 31.4 Å². The van der Waals surface area contributed by atoms with Crippen molar-refractivity contribution in [1.82, 2.24) is 0 Å². The van der Waals surface area contributed by atoms with Crippen molar-refractivity contribution in [2.24, 2.45) is 0 Å². The molecule has 0 saturated heterocycles. The number of sulfonamides is 1. The number of amides is 1. The molecular weight excluding hydrogens is 464 g/mol. The van der Waals surface area contributed by atoms with Crippen LogP contribution in [0.25, 0.3) is 0 Å². The lowest BCUT2D eigenvalue weighted by molar-refractivity contribution is -0.122. The number of carbonyl (C=O) groups excluding carboxylic acids is 1. The molecule has 0 heterocycles. The quantitative estimate of drug-likeness (QED) is 0.429. The average Bonchev–Trinajstić information content (AvgIpc) is 2.80. The predicted molar refractivity (Wildman–Crippen MR) is 130 cm³/mol. The van der Waals surface area contributed by atoms with Gasteiger partial charge in [-0.3, -0.25) is 9.52 Å². The molecule has 0 aromatic heterocycles. The summed E-state index contributed by atoms with van der Waals surface area (Å²) in [4.78, 5) is 12.8. The van der Waals surface area contributed by atoms with Crippen LogP contribution in [0.15, 0.2) is 71.6 Å². The number of ether oxygens (including phenoxy) is 2. The van der Waals surface area contributed by atoms with E-state index >= 15 is 0 Å². The third-order valence-electron chi connectivity index (χ3n) is 4.86. The first-order chi connectivity index (χ1) is 15.7. The standard InChI is InChI=1S/C24H25ClN2O5S/c1-4-21(32-23-8-6-5-7-22(23)31-3)24(28)26-17-11-13-19(14-12-17)33(29,30)27-18-10-9-16(2)20(25)15-18/h5-15,21,27H,4H2,1-3H3,(H,26,28)/t21-/m1/s1. The van der Waals surface area contributed by atoms with Crippen molar-refractivity contribution in [3.05, 3.63) is 77.3 Å². The number of hydrogen-bond acceptors (Lipinski definition) is 5. The Hall–Kier alpha value is -3.23. The summed E-state index contributed by atoms with van der Waals surface area (Å²) >= 11 is 6.07. The van der Waals surface area contributed by atoms with E-state index in [0.717, 1.165) is 5.56 Å². The van der Waals surface area contributed by atoms with Crippen molar-refractivity contribution in [1.29, 1.82) is 0 Å². The van der Waals surface area contributed by atoms with Crippen molar-refractivity contribution in [3.8, 4) is 11.5 Å². The normalized spacial score (nSPS) is 12.0. The van der Waals surface area contributed by atoms with E-state index in [1.807, 2.05) is 19.9 Å². The number of carbonyl (C=O) groups is 1. The molecule has 0 bridgehead atoms. The third kappa shape index (κ3) is 6.18. The smallest absolute Gasteiger partial charge is 0.265 e. The summed E-state index contributed by atoms with van der Waals surface area (Å²) in [5, 5.41) is 3.22. The highest BCUT2D eigenvalue weighted by Gasteiger charge is 2.21. The number of aryl methyl sites for hydroxylation is 1. The van der Waals surface area contributed by atoms with Gasteiger partial charge in [0, 0.05) is 10.7 Å². The van der Waals surface area contributed by atoms with Gasteiger partial charge >= 0.3 is 0 Å². The predicted octanol–water partition coefficient (Wildman–Crippen LogP) is 5.25. The first kappa shape index (κ1) is 24.4. The fraction of sp³-hybridized carbons (Fsp3) is 0.208. The molecule has 0 unspecified atom stereocenters. The molecule has 0 aliphatic carbocycles. The van der Waals surface area contributed by atoms with Crippen LogP contribution in [0.4, 0.5) is 11.4 Å². The molecule has 2 N–H and O–H groups in total. The van der Waals surface area contributed by atoms with Crippen molar-refractivity contribution >= 4 is 38.9 Å². The van der Waals surface area contributed by atoms with Crippen molar-refractivity contribution in [3.63, 3.8) is 0 Å². The van der Waals surface area contributed by atoms with E-state index in [-0.39, 0.29) is 10.8 Å². The Balaban J connectivity index is 1.68. The van der Waals surface area contributed by atoms with Gasteiger partial charge in [-0.1, -0.05) is 36.7 Å². The molecule has 3 aromatic carbocycles. The van der Waals surface area contributed by atoms with E-state index in [0.29, 0.717) is 34.3 Å². The summed E-state index contributed by atoms with van der Waals surface area (Å²) in [6, 6.07) is 17.9. The highest BCUT2D eigenvalue weighted by atomic mass is 35.5. The number of methoxy groups -OCH3 is 1. The molecule has 0 fully saturated rings. The van der Waals surface area contributed by atoms with Crippen LogP contribution in [-0.2, 0) is 14.8 Å².